The van der Waals surface area contributed by atoms with Crippen LogP contribution in [0.25, 0.3) is 0 Å². The van der Waals surface area contributed by atoms with Crippen LogP contribution in [0.1, 0.15) is 12.8 Å². The van der Waals surface area contributed by atoms with Gasteiger partial charge in [-0.1, -0.05) is 0 Å². The Hall–Kier alpha value is 0.210. The van der Waals surface area contributed by atoms with E-state index in [1.54, 1.807) is 0 Å². The fraction of sp³-hybridized carbons (Fsp3) is 1.00. The maximum absolute atomic E-state index is 5.89. The molecule has 58 valence electrons. The first-order valence-electron chi connectivity index (χ1n) is 4.00. The minimum absolute atomic E-state index is 0.773. The summed E-state index contributed by atoms with van der Waals surface area (Å²) in [7, 11) is 0. The summed E-state index contributed by atoms with van der Waals surface area (Å²) in [5.41, 5.74) is 0. The molecule has 0 aromatic rings. The molecule has 10 heavy (non-hydrogen) atoms. The lowest BCUT2D eigenvalue weighted by molar-refractivity contribution is 0.255. The Kier molecular flexibility index (Phi) is 1.85. The van der Waals surface area contributed by atoms with E-state index in [0.29, 0.717) is 0 Å². The highest BCUT2D eigenvalue weighted by molar-refractivity contribution is 6.13. The van der Waals surface area contributed by atoms with Crippen LogP contribution in [0.3, 0.4) is 0 Å². The number of piperidine rings is 1. The molecule has 0 radical (unpaired) electrons. The standard InChI is InChI=1S/C7H13ClN2/c8-10-4-2-7-6(5-10)1-3-9-7/h6-7,9H,1-5H2. The second-order valence-electron chi connectivity index (χ2n) is 3.27. The fourth-order valence-electron chi connectivity index (χ4n) is 2.00. The van der Waals surface area contributed by atoms with Crippen molar-refractivity contribution in [2.24, 2.45) is 5.92 Å². The summed E-state index contributed by atoms with van der Waals surface area (Å²) in [5, 5.41) is 3.49. The van der Waals surface area contributed by atoms with Gasteiger partial charge in [-0.05, 0) is 37.1 Å². The lowest BCUT2D eigenvalue weighted by Crippen LogP contribution is -2.40. The molecule has 2 nitrogen and oxygen atoms in total. The summed E-state index contributed by atoms with van der Waals surface area (Å²) in [6, 6.07) is 0.773. The first-order valence-corrected chi connectivity index (χ1v) is 4.34. The van der Waals surface area contributed by atoms with E-state index in [-0.39, 0.29) is 0 Å². The molecule has 2 rings (SSSR count). The minimum Gasteiger partial charge on any atom is -0.314 e. The zero-order chi connectivity index (χ0) is 6.97. The predicted molar refractivity (Wildman–Crippen MR) is 41.9 cm³/mol. The Morgan fingerprint density at radius 1 is 1.40 bits per heavy atom. The topological polar surface area (TPSA) is 15.3 Å². The highest BCUT2D eigenvalue weighted by Gasteiger charge is 2.31. The second kappa shape index (κ2) is 2.68. The summed E-state index contributed by atoms with van der Waals surface area (Å²) in [6.45, 7) is 3.33. The van der Waals surface area contributed by atoms with Crippen molar-refractivity contribution in [2.75, 3.05) is 19.6 Å². The molecule has 0 spiro atoms. The minimum atomic E-state index is 0.773. The molecule has 1 N–H and O–H groups in total. The molecule has 2 atom stereocenters. The Labute approximate surface area is 66.6 Å². The number of hydrogen-bond acceptors (Lipinski definition) is 2. The van der Waals surface area contributed by atoms with Gasteiger partial charge in [0.1, 0.15) is 0 Å². The number of rotatable bonds is 0. The molecule has 2 heterocycles. The molecule has 2 fully saturated rings. The molecular formula is C7H13ClN2. The molecule has 2 unspecified atom stereocenters. The third-order valence-electron chi connectivity index (χ3n) is 2.61. The summed E-state index contributed by atoms with van der Waals surface area (Å²) < 4.78 is 1.92. The van der Waals surface area contributed by atoms with E-state index in [1.807, 2.05) is 4.42 Å². The van der Waals surface area contributed by atoms with Crippen LogP contribution < -0.4 is 5.32 Å². The molecular weight excluding hydrogens is 148 g/mol. The van der Waals surface area contributed by atoms with Crippen LogP contribution in [0, 0.1) is 5.92 Å². The maximum Gasteiger partial charge on any atom is 0.0182 e. The maximum atomic E-state index is 5.89. The van der Waals surface area contributed by atoms with E-state index in [9.17, 15) is 0 Å². The largest absolute Gasteiger partial charge is 0.314 e. The van der Waals surface area contributed by atoms with Gasteiger partial charge in [0.25, 0.3) is 0 Å². The summed E-state index contributed by atoms with van der Waals surface area (Å²) >= 11 is 5.89. The van der Waals surface area contributed by atoms with E-state index >= 15 is 0 Å². The Morgan fingerprint density at radius 3 is 3.20 bits per heavy atom. The molecule has 3 heteroatoms. The fourth-order valence-corrected chi connectivity index (χ4v) is 2.28. The van der Waals surface area contributed by atoms with E-state index in [2.05, 4.69) is 5.32 Å². The van der Waals surface area contributed by atoms with Crippen LogP contribution in [-0.4, -0.2) is 30.1 Å². The van der Waals surface area contributed by atoms with Crippen LogP contribution in [-0.2, 0) is 0 Å². The van der Waals surface area contributed by atoms with Gasteiger partial charge in [0, 0.05) is 19.1 Å². The van der Waals surface area contributed by atoms with Gasteiger partial charge in [0.15, 0.2) is 0 Å². The third kappa shape index (κ3) is 1.16. The van der Waals surface area contributed by atoms with Crippen LogP contribution in [0.5, 0.6) is 0 Å². The number of nitrogens with zero attached hydrogens (tertiary/aromatic N) is 1. The van der Waals surface area contributed by atoms with Crippen molar-refractivity contribution in [2.45, 2.75) is 18.9 Å². The third-order valence-corrected chi connectivity index (χ3v) is 2.91. The number of fused-ring (bicyclic) bond motifs is 1. The van der Waals surface area contributed by atoms with Crippen molar-refractivity contribution < 1.29 is 0 Å². The van der Waals surface area contributed by atoms with Gasteiger partial charge in [0.2, 0.25) is 0 Å². The number of halogens is 1. The van der Waals surface area contributed by atoms with Gasteiger partial charge >= 0.3 is 0 Å². The first kappa shape index (κ1) is 6.89. The van der Waals surface area contributed by atoms with Crippen LogP contribution in [0.15, 0.2) is 0 Å². The SMILES string of the molecule is ClN1CCC2NCCC2C1. The monoisotopic (exact) mass is 160 g/mol. The molecule has 0 bridgehead atoms. The molecule has 2 aliphatic heterocycles. The lowest BCUT2D eigenvalue weighted by Gasteiger charge is -2.29. The van der Waals surface area contributed by atoms with Crippen molar-refractivity contribution in [3.05, 3.63) is 0 Å². The average Bonchev–Trinajstić information content (AvgIpc) is 2.33. The van der Waals surface area contributed by atoms with Crippen molar-refractivity contribution in [1.82, 2.24) is 9.74 Å². The quantitative estimate of drug-likeness (QED) is 0.528. The zero-order valence-electron chi connectivity index (χ0n) is 6.02. The smallest absolute Gasteiger partial charge is 0.0182 e. The molecule has 0 aromatic heterocycles. The van der Waals surface area contributed by atoms with E-state index in [0.717, 1.165) is 25.0 Å². The van der Waals surface area contributed by atoms with Gasteiger partial charge in [-0.3, -0.25) is 0 Å². The van der Waals surface area contributed by atoms with Crippen LogP contribution in [0.2, 0.25) is 0 Å². The normalized spacial score (nSPS) is 41.7. The summed E-state index contributed by atoms with van der Waals surface area (Å²) in [5.74, 6) is 0.825. The number of nitrogens with one attached hydrogen (secondary N) is 1. The lowest BCUT2D eigenvalue weighted by atomic mass is 9.95. The average molecular weight is 161 g/mol. The van der Waals surface area contributed by atoms with Crippen molar-refractivity contribution in [3.8, 4) is 0 Å². The van der Waals surface area contributed by atoms with Gasteiger partial charge in [0.05, 0.1) is 0 Å². The Bertz CT molecular complexity index is 129. The van der Waals surface area contributed by atoms with E-state index in [1.165, 1.54) is 19.4 Å². The van der Waals surface area contributed by atoms with Crippen LogP contribution in [0.4, 0.5) is 0 Å². The Morgan fingerprint density at radius 2 is 2.30 bits per heavy atom. The molecule has 0 saturated carbocycles. The van der Waals surface area contributed by atoms with Crippen molar-refractivity contribution in [3.63, 3.8) is 0 Å². The first-order chi connectivity index (χ1) is 4.86. The summed E-state index contributed by atoms with van der Waals surface area (Å²) in [6.07, 6.45) is 2.54. The molecule has 0 amide bonds. The zero-order valence-corrected chi connectivity index (χ0v) is 6.77. The van der Waals surface area contributed by atoms with Crippen molar-refractivity contribution >= 4 is 11.8 Å². The number of hydrogen-bond donors (Lipinski definition) is 1. The molecule has 0 aliphatic carbocycles. The van der Waals surface area contributed by atoms with Gasteiger partial charge in [-0.2, -0.15) is 0 Å². The highest BCUT2D eigenvalue weighted by Crippen LogP contribution is 2.24. The second-order valence-corrected chi connectivity index (χ2v) is 3.74. The van der Waals surface area contributed by atoms with E-state index in [4.69, 9.17) is 11.8 Å². The van der Waals surface area contributed by atoms with Crippen molar-refractivity contribution in [1.29, 1.82) is 0 Å². The van der Waals surface area contributed by atoms with E-state index < -0.39 is 0 Å². The molecule has 0 aromatic carbocycles. The highest BCUT2D eigenvalue weighted by atomic mass is 35.5. The predicted octanol–water partition coefficient (Wildman–Crippen LogP) is 0.824. The van der Waals surface area contributed by atoms with Gasteiger partial charge in [-0.15, -0.1) is 0 Å². The summed E-state index contributed by atoms with van der Waals surface area (Å²) in [4.78, 5) is 0. The Balaban J connectivity index is 1.96. The van der Waals surface area contributed by atoms with Crippen LogP contribution >= 0.6 is 11.8 Å². The molecule has 2 aliphatic rings. The molecule has 2 saturated heterocycles. The van der Waals surface area contributed by atoms with Gasteiger partial charge < -0.3 is 5.32 Å². The van der Waals surface area contributed by atoms with Gasteiger partial charge in [-0.25, -0.2) is 4.42 Å².